The first-order valence-corrected chi connectivity index (χ1v) is 6.69. The van der Waals surface area contributed by atoms with Crippen molar-refractivity contribution in [1.29, 1.82) is 0 Å². The molecule has 1 aromatic carbocycles. The van der Waals surface area contributed by atoms with Crippen LogP contribution in [-0.4, -0.2) is 24.1 Å². The molecule has 1 aromatic rings. The molecule has 1 fully saturated rings. The lowest BCUT2D eigenvalue weighted by molar-refractivity contribution is -0.195. The van der Waals surface area contributed by atoms with E-state index in [1.807, 2.05) is 32.9 Å². The highest BCUT2D eigenvalue weighted by atomic mass is 16.7. The van der Waals surface area contributed by atoms with Crippen molar-refractivity contribution in [2.24, 2.45) is 5.41 Å². The Kier molecular flexibility index (Phi) is 3.80. The van der Waals surface area contributed by atoms with Crippen LogP contribution < -0.4 is 5.73 Å². The molecule has 0 bridgehead atoms. The molecule has 0 aliphatic carbocycles. The predicted octanol–water partition coefficient (Wildman–Crippen LogP) is 2.56. The topological polar surface area (TPSA) is 55.6 Å². The summed E-state index contributed by atoms with van der Waals surface area (Å²) in [5.74, 6) is 0.235. The first kappa shape index (κ1) is 13.9. The molecule has 4 heteroatoms. The molecule has 19 heavy (non-hydrogen) atoms. The van der Waals surface area contributed by atoms with Gasteiger partial charge in [0, 0.05) is 24.7 Å². The highest BCUT2D eigenvalue weighted by Gasteiger charge is 2.30. The molecule has 0 amide bonds. The maximum atomic E-state index is 11.8. The van der Waals surface area contributed by atoms with E-state index in [0.29, 0.717) is 5.92 Å². The van der Waals surface area contributed by atoms with E-state index in [9.17, 15) is 4.79 Å². The smallest absolute Gasteiger partial charge is 0.330 e. The first-order valence-electron chi connectivity index (χ1n) is 6.69. The molecular weight excluding hydrogens is 240 g/mol. The lowest BCUT2D eigenvalue weighted by atomic mass is 9.98. The van der Waals surface area contributed by atoms with Crippen LogP contribution in [0.1, 0.15) is 38.7 Å². The molecule has 2 N–H and O–H groups in total. The fraction of sp³-hybridized carbons (Fsp3) is 0.533. The van der Waals surface area contributed by atoms with Gasteiger partial charge in [-0.1, -0.05) is 12.1 Å². The van der Waals surface area contributed by atoms with Crippen LogP contribution >= 0.6 is 0 Å². The van der Waals surface area contributed by atoms with E-state index in [2.05, 4.69) is 12.1 Å². The Morgan fingerprint density at radius 2 is 1.95 bits per heavy atom. The molecule has 104 valence electrons. The van der Waals surface area contributed by atoms with Gasteiger partial charge in [-0.3, -0.25) is 0 Å². The van der Waals surface area contributed by atoms with Gasteiger partial charge in [-0.15, -0.1) is 5.06 Å². The second kappa shape index (κ2) is 5.21. The van der Waals surface area contributed by atoms with Gasteiger partial charge >= 0.3 is 5.97 Å². The Morgan fingerprint density at radius 1 is 1.32 bits per heavy atom. The van der Waals surface area contributed by atoms with Crippen LogP contribution in [0.5, 0.6) is 0 Å². The maximum absolute atomic E-state index is 11.8. The van der Waals surface area contributed by atoms with Crippen molar-refractivity contribution in [2.75, 3.05) is 18.8 Å². The average Bonchev–Trinajstić information content (AvgIpc) is 2.77. The van der Waals surface area contributed by atoms with E-state index < -0.39 is 5.41 Å². The van der Waals surface area contributed by atoms with Crippen LogP contribution in [0.3, 0.4) is 0 Å². The van der Waals surface area contributed by atoms with Crippen LogP contribution in [0.15, 0.2) is 24.3 Å². The van der Waals surface area contributed by atoms with Crippen molar-refractivity contribution in [3.05, 3.63) is 29.8 Å². The molecule has 2 rings (SSSR count). The summed E-state index contributed by atoms with van der Waals surface area (Å²) < 4.78 is 0. The Morgan fingerprint density at radius 3 is 2.53 bits per heavy atom. The van der Waals surface area contributed by atoms with Gasteiger partial charge in [-0.25, -0.2) is 4.79 Å². The second-order valence-corrected chi connectivity index (χ2v) is 6.17. The van der Waals surface area contributed by atoms with E-state index >= 15 is 0 Å². The van der Waals surface area contributed by atoms with Crippen molar-refractivity contribution in [2.45, 2.75) is 33.1 Å². The Labute approximate surface area is 114 Å². The molecule has 1 atom stereocenters. The van der Waals surface area contributed by atoms with E-state index in [4.69, 9.17) is 10.6 Å². The first-order chi connectivity index (χ1) is 8.86. The van der Waals surface area contributed by atoms with Crippen LogP contribution in [0, 0.1) is 5.41 Å². The maximum Gasteiger partial charge on any atom is 0.330 e. The third kappa shape index (κ3) is 3.47. The van der Waals surface area contributed by atoms with E-state index in [-0.39, 0.29) is 5.97 Å². The lowest BCUT2D eigenvalue weighted by Gasteiger charge is -2.22. The fourth-order valence-corrected chi connectivity index (χ4v) is 2.11. The van der Waals surface area contributed by atoms with Crippen molar-refractivity contribution < 1.29 is 9.63 Å². The van der Waals surface area contributed by atoms with Gasteiger partial charge < -0.3 is 10.6 Å². The van der Waals surface area contributed by atoms with Crippen LogP contribution in [0.25, 0.3) is 0 Å². The number of hydrogen-bond donors (Lipinski definition) is 1. The Hall–Kier alpha value is -1.55. The van der Waals surface area contributed by atoms with Gasteiger partial charge in [0.2, 0.25) is 0 Å². The quantitative estimate of drug-likeness (QED) is 0.832. The number of nitrogens with zero attached hydrogens (tertiary/aromatic N) is 1. The molecule has 4 nitrogen and oxygen atoms in total. The molecule has 0 saturated carbocycles. The van der Waals surface area contributed by atoms with Gasteiger partial charge in [0.1, 0.15) is 0 Å². The van der Waals surface area contributed by atoms with Gasteiger partial charge in [0.15, 0.2) is 0 Å². The molecule has 1 aliphatic heterocycles. The third-order valence-corrected chi connectivity index (χ3v) is 3.38. The molecular formula is C15H22N2O2. The van der Waals surface area contributed by atoms with Gasteiger partial charge in [0.25, 0.3) is 0 Å². The summed E-state index contributed by atoms with van der Waals surface area (Å²) in [4.78, 5) is 17.2. The molecule has 0 spiro atoms. The van der Waals surface area contributed by atoms with Gasteiger partial charge in [-0.05, 0) is 44.9 Å². The van der Waals surface area contributed by atoms with Crippen LogP contribution in [0.2, 0.25) is 0 Å². The minimum absolute atomic E-state index is 0.176. The standard InChI is InChI=1S/C15H22N2O2/c1-15(2,3)14(18)19-17-9-8-12(10-17)11-4-6-13(16)7-5-11/h4-7,12H,8-10,16H2,1-3H3. The number of nitrogen functional groups attached to an aromatic ring is 1. The number of carbonyl (C=O) groups is 1. The molecule has 1 saturated heterocycles. The summed E-state index contributed by atoms with van der Waals surface area (Å²) in [5.41, 5.74) is 7.26. The van der Waals surface area contributed by atoms with Crippen molar-refractivity contribution >= 4 is 11.7 Å². The molecule has 1 unspecified atom stereocenters. The summed E-state index contributed by atoms with van der Waals surface area (Å²) in [6.45, 7) is 7.14. The third-order valence-electron chi connectivity index (χ3n) is 3.38. The number of nitrogens with two attached hydrogens (primary N) is 1. The number of hydrogen-bond acceptors (Lipinski definition) is 4. The highest BCUT2D eigenvalue weighted by molar-refractivity contribution is 5.75. The van der Waals surface area contributed by atoms with Crippen molar-refractivity contribution in [3.63, 3.8) is 0 Å². The van der Waals surface area contributed by atoms with E-state index in [1.54, 1.807) is 5.06 Å². The van der Waals surface area contributed by atoms with Crippen molar-refractivity contribution in [1.82, 2.24) is 5.06 Å². The SMILES string of the molecule is CC(C)(C)C(=O)ON1CCC(c2ccc(N)cc2)C1. The number of rotatable bonds is 2. The lowest BCUT2D eigenvalue weighted by Crippen LogP contribution is -2.32. The Balaban J connectivity index is 1.93. The van der Waals surface area contributed by atoms with Gasteiger partial charge in [-0.2, -0.15) is 0 Å². The summed E-state index contributed by atoms with van der Waals surface area (Å²) in [6.07, 6.45) is 1.00. The normalized spacial score (nSPS) is 20.5. The summed E-state index contributed by atoms with van der Waals surface area (Å²) in [6, 6.07) is 7.93. The van der Waals surface area contributed by atoms with Gasteiger partial charge in [0.05, 0.1) is 5.41 Å². The zero-order valence-electron chi connectivity index (χ0n) is 11.8. The minimum atomic E-state index is -0.459. The number of anilines is 1. The number of benzene rings is 1. The minimum Gasteiger partial charge on any atom is -0.399 e. The molecule has 1 aliphatic rings. The zero-order valence-corrected chi connectivity index (χ0v) is 11.8. The number of hydroxylamine groups is 2. The Bertz CT molecular complexity index is 448. The monoisotopic (exact) mass is 262 g/mol. The number of carbonyl (C=O) groups excluding carboxylic acids is 1. The summed E-state index contributed by atoms with van der Waals surface area (Å²) in [5, 5.41) is 1.77. The van der Waals surface area contributed by atoms with Crippen molar-refractivity contribution in [3.8, 4) is 0 Å². The largest absolute Gasteiger partial charge is 0.399 e. The zero-order chi connectivity index (χ0) is 14.0. The molecule has 0 radical (unpaired) electrons. The second-order valence-electron chi connectivity index (χ2n) is 6.17. The predicted molar refractivity (Wildman–Crippen MR) is 75.3 cm³/mol. The van der Waals surface area contributed by atoms with Crippen LogP contribution in [-0.2, 0) is 9.63 Å². The highest BCUT2D eigenvalue weighted by Crippen LogP contribution is 2.28. The van der Waals surface area contributed by atoms with E-state index in [1.165, 1.54) is 5.56 Å². The average molecular weight is 262 g/mol. The summed E-state index contributed by atoms with van der Waals surface area (Å²) >= 11 is 0. The molecule has 0 aromatic heterocycles. The fourth-order valence-electron chi connectivity index (χ4n) is 2.11. The summed E-state index contributed by atoms with van der Waals surface area (Å²) in [7, 11) is 0. The van der Waals surface area contributed by atoms with Crippen LogP contribution in [0.4, 0.5) is 5.69 Å². The van der Waals surface area contributed by atoms with E-state index in [0.717, 1.165) is 25.2 Å². The molecule has 1 heterocycles.